The summed E-state index contributed by atoms with van der Waals surface area (Å²) in [5.41, 5.74) is 44.1. The van der Waals surface area contributed by atoms with Gasteiger partial charge in [0.15, 0.2) is 8.32 Å². The number of hydrogen-bond acceptors (Lipinski definition) is 17. The van der Waals surface area contributed by atoms with E-state index in [4.69, 9.17) is 52.3 Å². The molecule has 1 spiro atoms. The van der Waals surface area contributed by atoms with Gasteiger partial charge in [-0.05, 0) is 364 Å². The van der Waals surface area contributed by atoms with Crippen molar-refractivity contribution in [2.45, 2.75) is 252 Å². The number of nitrogens with one attached hydrogen (secondary N) is 1. The molecule has 0 saturated carbocycles. The minimum absolute atomic E-state index is 0. The van der Waals surface area contributed by atoms with Gasteiger partial charge in [0.1, 0.15) is 33.7 Å². The lowest BCUT2D eigenvalue weighted by molar-refractivity contribution is -0.147. The van der Waals surface area contributed by atoms with Gasteiger partial charge in [-0.2, -0.15) is 10.5 Å². The van der Waals surface area contributed by atoms with Crippen molar-refractivity contribution in [3.8, 4) is 12.1 Å². The van der Waals surface area contributed by atoms with Crippen LogP contribution < -0.4 is 28.3 Å². The zero-order valence-corrected chi connectivity index (χ0v) is 101. The number of aliphatic hydroxyl groups is 2. The molecule has 7 unspecified atom stereocenters. The average molecular weight is 2630 g/mol. The molecule has 9 aliphatic rings. The molecule has 0 radical (unpaired) electrons. The first-order valence-electron chi connectivity index (χ1n) is 48.9. The van der Waals surface area contributed by atoms with Crippen LogP contribution in [-0.4, -0.2) is 129 Å². The van der Waals surface area contributed by atoms with Crippen molar-refractivity contribution in [1.29, 1.82) is 10.5 Å². The number of fused-ring (bicyclic) bond motifs is 8. The first-order valence-corrected chi connectivity index (χ1v) is 59.5. The van der Waals surface area contributed by atoms with Crippen LogP contribution in [0.1, 0.15) is 171 Å². The number of carbonyl (C=O) groups excluding carboxylic acids is 2. The Balaban J connectivity index is 0.000000171. The molecule has 8 aliphatic carbocycles. The number of Topliss-reactive ketones (excluding diaryl/α,β-unsaturated/α-hetero) is 1. The van der Waals surface area contributed by atoms with Gasteiger partial charge in [0.2, 0.25) is 0 Å². The van der Waals surface area contributed by atoms with Crippen LogP contribution in [0.3, 0.4) is 0 Å². The van der Waals surface area contributed by atoms with E-state index in [1.807, 2.05) is 66.7 Å². The van der Waals surface area contributed by atoms with E-state index in [2.05, 4.69) is 351 Å². The van der Waals surface area contributed by atoms with Crippen LogP contribution in [0, 0.1) is 22.7 Å². The Hall–Kier alpha value is -6.80. The van der Waals surface area contributed by atoms with Crippen LogP contribution >= 0.6 is 168 Å². The molecule has 7 atom stereocenters. The molecule has 19 nitrogen and oxygen atoms in total. The number of carboxylic acid groups (broad SMARTS) is 2. The number of ether oxygens (including phenoxy) is 2. The number of carboxylic acids is 2. The largest absolute Gasteiger partial charge is 0.481 e. The fourth-order valence-electron chi connectivity index (χ4n) is 20.3. The van der Waals surface area contributed by atoms with Gasteiger partial charge in [0, 0.05) is 103 Å². The van der Waals surface area contributed by atoms with Crippen molar-refractivity contribution in [1.82, 2.24) is 10.2 Å². The lowest BCUT2D eigenvalue weighted by Gasteiger charge is -2.45. The highest BCUT2D eigenvalue weighted by molar-refractivity contribution is 9.12. The van der Waals surface area contributed by atoms with Crippen molar-refractivity contribution in [2.75, 3.05) is 26.9 Å². The number of rotatable bonds is 13. The topological polar surface area (TPSA) is 344 Å². The molecule has 11 aromatic rings. The highest BCUT2D eigenvalue weighted by Crippen LogP contribution is 2.46. The molecule has 11 aromatic carbocycles. The summed E-state index contributed by atoms with van der Waals surface area (Å²) in [6.45, 7) is 13.6. The summed E-state index contributed by atoms with van der Waals surface area (Å²) in [4.78, 5) is 46.6. The number of hydrogen-bond donors (Lipinski definition) is 9. The maximum absolute atomic E-state index is 11.6. The third-order valence-corrected chi connectivity index (χ3v) is 33.8. The fraction of sp³-hybridized carbons (Fsp3) is 0.379. The van der Waals surface area contributed by atoms with E-state index in [1.54, 1.807) is 12.1 Å². The Morgan fingerprint density at radius 1 is 0.422 bits per heavy atom. The van der Waals surface area contributed by atoms with Crippen molar-refractivity contribution < 1.29 is 53.5 Å². The summed E-state index contributed by atoms with van der Waals surface area (Å²) < 4.78 is 26.7. The predicted molar refractivity (Wildman–Crippen MR) is 625 cm³/mol. The molecule has 0 bridgehead atoms. The zero-order valence-electron chi connectivity index (χ0n) is 83.7. The monoisotopic (exact) mass is 2620 g/mol. The van der Waals surface area contributed by atoms with Gasteiger partial charge in [-0.1, -0.05) is 265 Å². The number of methoxy groups -OCH3 is 1. The quantitative estimate of drug-likeness (QED) is 0.0382. The normalized spacial score (nSPS) is 22.0. The van der Waals surface area contributed by atoms with E-state index >= 15 is 0 Å². The second kappa shape index (κ2) is 54.8. The Kier molecular flexibility index (Phi) is 45.5. The maximum atomic E-state index is 11.6. The standard InChI is InChI=1S/C21H24BrNO.C18H20BrNO.C14H18BrNOSi.C12H14BrNO2.C11H11BrN2.C11H12BrNO2.C11H14BrNO.C10H9BrO.C8H7BrO2.2ClH/c1-20(2)23(14-16-6-4-3-5-7-16)21(15-24-20)11-10-17-8-9-19(22)12-18(17)13-21;19-17-7-6-15-8-9-18(13-21,11-16(15)10-17)20-12-14-4-2-1-3-5-14;1-18(2,3)17-14(10-16)7-6-11-4-5-13(15)8-12(11)9-14;1-16-11(15)12(14)5-4-8-2-3-10(13)6-9(8)7-12;12-10-2-1-8-3-4-11(14,7-13)6-9(8)5-10;12-9-2-1-7-3-4-11(13,10(14)15)6-8(7)5-9;12-10-2-1-8-3-4-11(13,7-14)6-9(8)5-10;11-9-3-1-7-2-4-10(12)6-8(7)5-9;9-7-3-1-2-6(4-7)5-8(10)11;;/h3-9,12H,10-11,13-15H2,1-2H3;1-7,10,20-21H,8-9,11-13H2;4-5,8H,6-7,9H2,1-3H3;2-3,6H,4-5,7,14H2,1H3;1-2,5H,3-4,6,14H2;1-2,5H,3-4,6,13H2,(H,14,15);1-2,5,14H,3-4,6-7,13H2;1,3,5H,2,4,6H2;1-4H,5H2,(H,10,11);2*1H. The number of benzene rings is 11. The first-order chi connectivity index (χ1) is 68.8. The van der Waals surface area contributed by atoms with E-state index in [1.165, 1.54) is 101 Å². The molecule has 31 heteroatoms. The molecular formula is C116H131Br9Cl2N8O11Si. The highest BCUT2D eigenvalue weighted by Gasteiger charge is 2.53. The Bertz CT molecular complexity index is 6500. The van der Waals surface area contributed by atoms with Crippen molar-refractivity contribution >= 4 is 200 Å². The van der Waals surface area contributed by atoms with Crippen molar-refractivity contribution in [2.24, 2.45) is 22.9 Å². The minimum atomic E-state index is -1.71. The van der Waals surface area contributed by atoms with Gasteiger partial charge in [-0.15, -0.1) is 24.8 Å². The van der Waals surface area contributed by atoms with Crippen molar-refractivity contribution in [3.63, 3.8) is 0 Å². The number of nitriles is 2. The first kappa shape index (κ1) is 122. The summed E-state index contributed by atoms with van der Waals surface area (Å²) in [5.74, 6) is -1.67. The van der Waals surface area contributed by atoms with E-state index < -0.39 is 48.0 Å². The summed E-state index contributed by atoms with van der Waals surface area (Å²) in [6.07, 6.45) is 19.7. The predicted octanol–water partition coefficient (Wildman–Crippen LogP) is 25.2. The van der Waals surface area contributed by atoms with E-state index in [0.717, 1.165) is 175 Å². The van der Waals surface area contributed by atoms with Gasteiger partial charge < -0.3 is 62.6 Å². The van der Waals surface area contributed by atoms with Crippen LogP contribution in [-0.2, 0) is 155 Å². The summed E-state index contributed by atoms with van der Waals surface area (Å²) in [7, 11) is -0.325. The van der Waals surface area contributed by atoms with Crippen LogP contribution in [0.25, 0.3) is 0 Å². The van der Waals surface area contributed by atoms with Gasteiger partial charge in [0.05, 0.1) is 51.0 Å². The number of esters is 1. The number of nitrogens with zero attached hydrogens (tertiary/aromatic N) is 3. The van der Waals surface area contributed by atoms with Crippen LogP contribution in [0.2, 0.25) is 19.6 Å². The molecule has 13 N–H and O–H groups in total. The molecule has 0 amide bonds. The molecule has 782 valence electrons. The molecule has 1 heterocycles. The fourth-order valence-corrected chi connectivity index (χ4v) is 25.4. The highest BCUT2D eigenvalue weighted by atomic mass is 79.9. The molecule has 1 aliphatic heterocycles. The lowest BCUT2D eigenvalue weighted by Crippen LogP contribution is -2.54. The number of ketones is 1. The molecule has 1 fully saturated rings. The van der Waals surface area contributed by atoms with E-state index in [-0.39, 0.29) is 67.2 Å². The second-order valence-corrected chi connectivity index (χ2v) is 53.7. The number of nitrogens with two attached hydrogens (primary N) is 4. The molecule has 20 rings (SSSR count). The average Bonchev–Trinajstić information content (AvgIpc) is 1.59. The number of aliphatic carboxylic acids is 2. The number of halogens is 11. The zero-order chi connectivity index (χ0) is 105. The van der Waals surface area contributed by atoms with Crippen LogP contribution in [0.15, 0.2) is 271 Å². The molecule has 147 heavy (non-hydrogen) atoms. The Labute approximate surface area is 954 Å². The summed E-state index contributed by atoms with van der Waals surface area (Å²) in [6, 6.07) is 83.4. The Morgan fingerprint density at radius 3 is 1.27 bits per heavy atom. The number of aliphatic hydroxyl groups excluding tert-OH is 2. The van der Waals surface area contributed by atoms with Gasteiger partial charge >= 0.3 is 17.9 Å². The molecule has 1 saturated heterocycles. The lowest BCUT2D eigenvalue weighted by atomic mass is 9.77. The SMILES string of the molecule is CC1(C)OCC2(CCc3ccc(Br)cc3C2)N1Cc1ccccc1.COC(=O)C1(N)CCc2ccc(Br)cc2C1.C[Si](C)(C)OC1(C#N)CCc2ccc(Br)cc2C1.Cl.Cl.N#CC1(N)CCc2ccc(Br)cc2C1.NC1(C(=O)O)CCc2ccc(Br)cc2C1.NC1(CO)CCc2ccc(Br)cc2C1.O=C(O)Cc1cccc(Br)c1.O=C1CCc2ccc(Br)cc2C1.OCC1(NCc2ccccc2)CCc2ccc(Br)cc2C1. The Morgan fingerprint density at radius 2 is 0.816 bits per heavy atom. The van der Waals surface area contributed by atoms with Gasteiger partial charge in [-0.25, -0.2) is 0 Å². The summed E-state index contributed by atoms with van der Waals surface area (Å²) >= 11 is 31.0. The van der Waals surface area contributed by atoms with Gasteiger partial charge in [0.25, 0.3) is 0 Å². The minimum Gasteiger partial charge on any atom is -0.481 e. The third-order valence-electron chi connectivity index (χ3n) is 28.4. The third kappa shape index (κ3) is 34.8. The van der Waals surface area contributed by atoms with Crippen LogP contribution in [0.4, 0.5) is 0 Å². The van der Waals surface area contributed by atoms with E-state index in [0.29, 0.717) is 57.1 Å². The van der Waals surface area contributed by atoms with Crippen molar-refractivity contribution in [3.05, 3.63) is 376 Å². The van der Waals surface area contributed by atoms with E-state index in [9.17, 15) is 34.7 Å². The molecular weight excluding hydrogens is 2500 g/mol. The maximum Gasteiger partial charge on any atom is 0.326 e. The smallest absolute Gasteiger partial charge is 0.326 e. The number of carbonyl (C=O) groups is 4. The number of aryl methyl sites for hydroxylation is 8. The molecule has 0 aromatic heterocycles. The van der Waals surface area contributed by atoms with Gasteiger partial charge in [-0.3, -0.25) is 24.1 Å². The van der Waals surface area contributed by atoms with Crippen LogP contribution in [0.5, 0.6) is 0 Å². The summed E-state index contributed by atoms with van der Waals surface area (Å²) in [5, 5.41) is 58.7. The second-order valence-electron chi connectivity index (χ2n) is 41.0.